The Balaban J connectivity index is 2.80. The molecule has 1 nitrogen and oxygen atoms in total. The van der Waals surface area contributed by atoms with Gasteiger partial charge in [0.15, 0.2) is 8.32 Å². The average Bonchev–Trinajstić information content (AvgIpc) is 2.14. The Morgan fingerprint density at radius 1 is 1.21 bits per heavy atom. The van der Waals surface area contributed by atoms with Crippen molar-refractivity contribution >= 4 is 8.32 Å². The molecule has 1 rings (SSSR count). The zero-order chi connectivity index (χ0) is 10.6. The lowest BCUT2D eigenvalue weighted by atomic mass is 10.1. The van der Waals surface area contributed by atoms with Crippen molar-refractivity contribution in [3.8, 4) is 12.3 Å². The fourth-order valence-electron chi connectivity index (χ4n) is 1.18. The first-order valence-electron chi connectivity index (χ1n) is 4.72. The second-order valence-corrected chi connectivity index (χ2v) is 8.65. The van der Waals surface area contributed by atoms with Crippen LogP contribution in [-0.2, 0) is 4.43 Å². The van der Waals surface area contributed by atoms with Crippen LogP contribution in [-0.4, -0.2) is 8.32 Å². The van der Waals surface area contributed by atoms with Crippen LogP contribution in [0.2, 0.25) is 19.6 Å². The molecule has 1 atom stereocenters. The number of benzene rings is 1. The summed E-state index contributed by atoms with van der Waals surface area (Å²) in [5.41, 5.74) is 1.07. The predicted octanol–water partition coefficient (Wildman–Crippen LogP) is 3.21. The van der Waals surface area contributed by atoms with Crippen molar-refractivity contribution in [1.82, 2.24) is 0 Å². The number of hydrogen-bond donors (Lipinski definition) is 0. The molecule has 0 bridgehead atoms. The highest BCUT2D eigenvalue weighted by Crippen LogP contribution is 2.20. The van der Waals surface area contributed by atoms with Gasteiger partial charge in [-0.15, -0.1) is 6.42 Å². The molecule has 0 aromatic heterocycles. The number of terminal acetylenes is 1. The average molecular weight is 204 g/mol. The summed E-state index contributed by atoms with van der Waals surface area (Å²) in [5.74, 6) is 2.69. The molecule has 0 fully saturated rings. The van der Waals surface area contributed by atoms with Crippen LogP contribution in [0.25, 0.3) is 0 Å². The molecule has 0 aliphatic rings. The second kappa shape index (κ2) is 4.45. The Morgan fingerprint density at radius 2 is 1.79 bits per heavy atom. The van der Waals surface area contributed by atoms with Gasteiger partial charge < -0.3 is 4.43 Å². The number of rotatable bonds is 3. The SMILES string of the molecule is C#C[C@H](O[Si](C)(C)C)c1ccccc1. The zero-order valence-corrected chi connectivity index (χ0v) is 9.95. The molecule has 0 amide bonds. The van der Waals surface area contributed by atoms with Crippen LogP contribution in [0.15, 0.2) is 30.3 Å². The minimum absolute atomic E-state index is 0.192. The molecule has 0 spiro atoms. The molecule has 74 valence electrons. The van der Waals surface area contributed by atoms with Gasteiger partial charge in [-0.3, -0.25) is 0 Å². The van der Waals surface area contributed by atoms with Gasteiger partial charge in [0.2, 0.25) is 0 Å². The summed E-state index contributed by atoms with van der Waals surface area (Å²) >= 11 is 0. The second-order valence-electron chi connectivity index (χ2n) is 4.19. The van der Waals surface area contributed by atoms with E-state index in [0.29, 0.717) is 0 Å². The lowest BCUT2D eigenvalue weighted by molar-refractivity contribution is 0.257. The maximum atomic E-state index is 5.88. The van der Waals surface area contributed by atoms with E-state index in [-0.39, 0.29) is 6.10 Å². The van der Waals surface area contributed by atoms with Crippen LogP contribution in [0.1, 0.15) is 11.7 Å². The summed E-state index contributed by atoms with van der Waals surface area (Å²) in [7, 11) is -1.57. The minimum Gasteiger partial charge on any atom is -0.400 e. The summed E-state index contributed by atoms with van der Waals surface area (Å²) in [6, 6.07) is 9.95. The van der Waals surface area contributed by atoms with E-state index in [0.717, 1.165) is 5.56 Å². The van der Waals surface area contributed by atoms with Crippen LogP contribution >= 0.6 is 0 Å². The highest BCUT2D eigenvalue weighted by molar-refractivity contribution is 6.69. The van der Waals surface area contributed by atoms with Gasteiger partial charge in [-0.2, -0.15) is 0 Å². The first-order chi connectivity index (χ1) is 6.53. The van der Waals surface area contributed by atoms with E-state index in [9.17, 15) is 0 Å². The van der Waals surface area contributed by atoms with E-state index in [1.165, 1.54) is 0 Å². The predicted molar refractivity (Wildman–Crippen MR) is 62.4 cm³/mol. The quantitative estimate of drug-likeness (QED) is 0.542. The molecule has 0 unspecified atom stereocenters. The maximum absolute atomic E-state index is 5.88. The first kappa shape index (κ1) is 11.0. The van der Waals surface area contributed by atoms with Crippen molar-refractivity contribution in [2.75, 3.05) is 0 Å². The molecule has 1 aromatic carbocycles. The monoisotopic (exact) mass is 204 g/mol. The molecular formula is C12H16OSi. The van der Waals surface area contributed by atoms with Gasteiger partial charge in [0, 0.05) is 0 Å². The van der Waals surface area contributed by atoms with E-state index >= 15 is 0 Å². The minimum atomic E-state index is -1.57. The number of hydrogen-bond acceptors (Lipinski definition) is 1. The van der Waals surface area contributed by atoms with E-state index in [1.54, 1.807) is 0 Å². The summed E-state index contributed by atoms with van der Waals surface area (Å²) in [5, 5.41) is 0. The fourth-order valence-corrected chi connectivity index (χ4v) is 2.09. The fraction of sp³-hybridized carbons (Fsp3) is 0.333. The van der Waals surface area contributed by atoms with Crippen LogP contribution in [0, 0.1) is 12.3 Å². The summed E-state index contributed by atoms with van der Waals surface area (Å²) < 4.78 is 5.88. The highest BCUT2D eigenvalue weighted by Gasteiger charge is 2.20. The molecule has 0 aliphatic heterocycles. The molecular weight excluding hydrogens is 188 g/mol. The third-order valence-corrected chi connectivity index (χ3v) is 2.67. The van der Waals surface area contributed by atoms with Crippen LogP contribution in [0.5, 0.6) is 0 Å². The Bertz CT molecular complexity index is 318. The van der Waals surface area contributed by atoms with E-state index in [2.05, 4.69) is 25.6 Å². The molecule has 14 heavy (non-hydrogen) atoms. The van der Waals surface area contributed by atoms with Gasteiger partial charge >= 0.3 is 0 Å². The van der Waals surface area contributed by atoms with Gasteiger partial charge in [0.1, 0.15) is 6.10 Å². The lowest BCUT2D eigenvalue weighted by Crippen LogP contribution is -2.27. The Hall–Kier alpha value is -1.04. The maximum Gasteiger partial charge on any atom is 0.185 e. The normalized spacial score (nSPS) is 13.3. The molecule has 0 N–H and O–H groups in total. The van der Waals surface area contributed by atoms with Crippen molar-refractivity contribution in [2.45, 2.75) is 25.7 Å². The van der Waals surface area contributed by atoms with Crippen LogP contribution < -0.4 is 0 Å². The van der Waals surface area contributed by atoms with Gasteiger partial charge in [0.05, 0.1) is 0 Å². The van der Waals surface area contributed by atoms with Crippen LogP contribution in [0.3, 0.4) is 0 Å². The largest absolute Gasteiger partial charge is 0.400 e. The molecule has 0 saturated heterocycles. The van der Waals surface area contributed by atoms with Gasteiger partial charge in [-0.05, 0) is 25.2 Å². The molecule has 0 aliphatic carbocycles. The zero-order valence-electron chi connectivity index (χ0n) is 8.95. The van der Waals surface area contributed by atoms with Crippen molar-refractivity contribution in [1.29, 1.82) is 0 Å². The van der Waals surface area contributed by atoms with Crippen molar-refractivity contribution in [3.05, 3.63) is 35.9 Å². The van der Waals surface area contributed by atoms with Crippen LogP contribution in [0.4, 0.5) is 0 Å². The van der Waals surface area contributed by atoms with E-state index in [4.69, 9.17) is 10.8 Å². The summed E-state index contributed by atoms with van der Waals surface area (Å²) in [4.78, 5) is 0. The van der Waals surface area contributed by atoms with E-state index < -0.39 is 8.32 Å². The standard InChI is InChI=1S/C12H16OSi/c1-5-12(13-14(2,3)4)11-9-7-6-8-10-11/h1,6-10,12H,2-4H3/t12-/m0/s1. The van der Waals surface area contributed by atoms with Crippen molar-refractivity contribution < 1.29 is 4.43 Å². The van der Waals surface area contributed by atoms with E-state index in [1.807, 2.05) is 30.3 Å². The third kappa shape index (κ3) is 3.37. The summed E-state index contributed by atoms with van der Waals surface area (Å²) in [6.07, 6.45) is 5.27. The van der Waals surface area contributed by atoms with Gasteiger partial charge in [0.25, 0.3) is 0 Å². The first-order valence-corrected chi connectivity index (χ1v) is 8.12. The highest BCUT2D eigenvalue weighted by atomic mass is 28.4. The molecule has 0 saturated carbocycles. The summed E-state index contributed by atoms with van der Waals surface area (Å²) in [6.45, 7) is 6.42. The molecule has 1 aromatic rings. The smallest absolute Gasteiger partial charge is 0.185 e. The topological polar surface area (TPSA) is 9.23 Å². The molecule has 0 heterocycles. The molecule has 0 radical (unpaired) electrons. The van der Waals surface area contributed by atoms with Crippen molar-refractivity contribution in [3.63, 3.8) is 0 Å². The lowest BCUT2D eigenvalue weighted by Gasteiger charge is -2.22. The van der Waals surface area contributed by atoms with Gasteiger partial charge in [-0.1, -0.05) is 36.3 Å². The third-order valence-electron chi connectivity index (χ3n) is 1.73. The molecule has 2 heteroatoms. The Labute approximate surface area is 87.2 Å². The Kier molecular flexibility index (Phi) is 3.51. The van der Waals surface area contributed by atoms with Gasteiger partial charge in [-0.25, -0.2) is 0 Å². The Morgan fingerprint density at radius 3 is 2.21 bits per heavy atom. The van der Waals surface area contributed by atoms with Crippen molar-refractivity contribution in [2.24, 2.45) is 0 Å².